The van der Waals surface area contributed by atoms with E-state index in [9.17, 15) is 31.5 Å². The SMILES string of the molecule is CC(C(=O)N1CC(=O)Nc2cc(C(F)(F)F)ccc21)N(C)Cc1ccc(F)c(F)c1. The molecule has 2 aromatic carbocycles. The summed E-state index contributed by atoms with van der Waals surface area (Å²) in [4.78, 5) is 27.6. The van der Waals surface area contributed by atoms with Crippen LogP contribution in [0.4, 0.5) is 33.3 Å². The van der Waals surface area contributed by atoms with E-state index in [1.807, 2.05) is 0 Å². The molecule has 1 aliphatic rings. The van der Waals surface area contributed by atoms with E-state index in [0.29, 0.717) is 5.56 Å². The van der Waals surface area contributed by atoms with Crippen molar-refractivity contribution < 1.29 is 31.5 Å². The zero-order valence-electron chi connectivity index (χ0n) is 16.1. The molecule has 0 radical (unpaired) electrons. The van der Waals surface area contributed by atoms with Gasteiger partial charge in [-0.15, -0.1) is 0 Å². The van der Waals surface area contributed by atoms with Crippen LogP contribution in [0.2, 0.25) is 0 Å². The van der Waals surface area contributed by atoms with Gasteiger partial charge in [0.05, 0.1) is 23.0 Å². The van der Waals surface area contributed by atoms with Crippen LogP contribution < -0.4 is 10.2 Å². The van der Waals surface area contributed by atoms with E-state index in [1.54, 1.807) is 18.9 Å². The predicted octanol–water partition coefficient (Wildman–Crippen LogP) is 3.79. The van der Waals surface area contributed by atoms with Gasteiger partial charge in [-0.3, -0.25) is 19.4 Å². The van der Waals surface area contributed by atoms with E-state index < -0.39 is 41.2 Å². The Morgan fingerprint density at radius 3 is 2.50 bits per heavy atom. The fraction of sp³-hybridized carbons (Fsp3) is 0.300. The number of rotatable bonds is 4. The predicted molar refractivity (Wildman–Crippen MR) is 99.7 cm³/mol. The molecule has 3 rings (SSSR count). The number of anilines is 2. The number of carbonyl (C=O) groups excluding carboxylic acids is 2. The number of amides is 2. The third-order valence-corrected chi connectivity index (χ3v) is 4.89. The molecule has 1 unspecified atom stereocenters. The number of nitrogens with one attached hydrogen (secondary N) is 1. The molecule has 0 saturated carbocycles. The van der Waals surface area contributed by atoms with Gasteiger partial charge in [0.25, 0.3) is 0 Å². The zero-order chi connectivity index (χ0) is 22.2. The molecule has 0 aromatic heterocycles. The molecule has 0 saturated heterocycles. The maximum Gasteiger partial charge on any atom is 0.416 e. The standard InChI is InChI=1S/C20H18F5N3O2/c1-11(27(2)9-12-3-5-14(21)15(22)7-12)19(30)28-10-18(29)26-16-8-13(20(23,24)25)4-6-17(16)28/h3-8,11H,9-10H2,1-2H3,(H,26,29). The highest BCUT2D eigenvalue weighted by Gasteiger charge is 2.35. The summed E-state index contributed by atoms with van der Waals surface area (Å²) in [7, 11) is 1.58. The lowest BCUT2D eigenvalue weighted by Crippen LogP contribution is -2.50. The molecular formula is C20H18F5N3O2. The Labute approximate surface area is 169 Å². The quantitative estimate of drug-likeness (QED) is 0.756. The lowest BCUT2D eigenvalue weighted by atomic mass is 10.1. The van der Waals surface area contributed by atoms with Gasteiger partial charge >= 0.3 is 6.18 Å². The van der Waals surface area contributed by atoms with Crippen molar-refractivity contribution in [3.8, 4) is 0 Å². The second-order valence-corrected chi connectivity index (χ2v) is 7.04. The van der Waals surface area contributed by atoms with E-state index in [-0.39, 0.29) is 24.5 Å². The van der Waals surface area contributed by atoms with Gasteiger partial charge in [-0.05, 0) is 49.9 Å². The maximum atomic E-state index is 13.4. The molecule has 1 N–H and O–H groups in total. The lowest BCUT2D eigenvalue weighted by molar-refractivity contribution is -0.137. The molecule has 1 atom stereocenters. The number of halogens is 5. The summed E-state index contributed by atoms with van der Waals surface area (Å²) in [6.07, 6.45) is -4.59. The van der Waals surface area contributed by atoms with Crippen molar-refractivity contribution in [2.24, 2.45) is 0 Å². The van der Waals surface area contributed by atoms with Gasteiger partial charge in [0, 0.05) is 6.54 Å². The van der Waals surface area contributed by atoms with Crippen LogP contribution in [0, 0.1) is 11.6 Å². The van der Waals surface area contributed by atoms with E-state index in [1.165, 1.54) is 6.07 Å². The summed E-state index contributed by atoms with van der Waals surface area (Å²) in [6.45, 7) is 1.32. The van der Waals surface area contributed by atoms with Crippen LogP contribution in [0.25, 0.3) is 0 Å². The topological polar surface area (TPSA) is 52.7 Å². The molecule has 5 nitrogen and oxygen atoms in total. The van der Waals surface area contributed by atoms with Crippen LogP contribution in [0.1, 0.15) is 18.1 Å². The molecule has 0 fully saturated rings. The van der Waals surface area contributed by atoms with Crippen molar-refractivity contribution >= 4 is 23.2 Å². The van der Waals surface area contributed by atoms with Crippen LogP contribution in [0.15, 0.2) is 36.4 Å². The Balaban J connectivity index is 1.82. The first-order chi connectivity index (χ1) is 14.0. The fourth-order valence-corrected chi connectivity index (χ4v) is 3.14. The van der Waals surface area contributed by atoms with Crippen LogP contribution in [0.3, 0.4) is 0 Å². The maximum absolute atomic E-state index is 13.4. The number of fused-ring (bicyclic) bond motifs is 1. The molecule has 10 heteroatoms. The van der Waals surface area contributed by atoms with Crippen molar-refractivity contribution in [1.82, 2.24) is 4.90 Å². The normalized spacial score (nSPS) is 15.1. The highest BCUT2D eigenvalue weighted by Crippen LogP contribution is 2.37. The minimum absolute atomic E-state index is 0.107. The molecule has 1 aliphatic heterocycles. The van der Waals surface area contributed by atoms with Crippen molar-refractivity contribution in [1.29, 1.82) is 0 Å². The Bertz CT molecular complexity index is 993. The van der Waals surface area contributed by atoms with E-state index in [2.05, 4.69) is 5.32 Å². The Hall–Kier alpha value is -3.01. The fourth-order valence-electron chi connectivity index (χ4n) is 3.14. The van der Waals surface area contributed by atoms with Gasteiger partial charge in [-0.1, -0.05) is 6.07 Å². The molecule has 2 amide bonds. The average molecular weight is 427 g/mol. The first-order valence-corrected chi connectivity index (χ1v) is 8.94. The van der Waals surface area contributed by atoms with Crippen molar-refractivity contribution in [3.05, 3.63) is 59.2 Å². The third kappa shape index (κ3) is 4.43. The number of hydrogen-bond donors (Lipinski definition) is 1. The molecule has 30 heavy (non-hydrogen) atoms. The summed E-state index contributed by atoms with van der Waals surface area (Å²) < 4.78 is 65.4. The van der Waals surface area contributed by atoms with E-state index in [0.717, 1.165) is 35.2 Å². The molecule has 0 bridgehead atoms. The number of nitrogens with zero attached hydrogens (tertiary/aromatic N) is 2. The first kappa shape index (κ1) is 21.7. The smallest absolute Gasteiger partial charge is 0.323 e. The molecule has 0 aliphatic carbocycles. The minimum Gasteiger partial charge on any atom is -0.323 e. The molecule has 2 aromatic rings. The van der Waals surface area contributed by atoms with Gasteiger partial charge in [0.1, 0.15) is 6.54 Å². The number of hydrogen-bond acceptors (Lipinski definition) is 3. The Morgan fingerprint density at radius 2 is 1.87 bits per heavy atom. The summed E-state index contributed by atoms with van der Waals surface area (Å²) in [6, 6.07) is 5.35. The number of benzene rings is 2. The monoisotopic (exact) mass is 427 g/mol. The average Bonchev–Trinajstić information content (AvgIpc) is 2.67. The molecule has 160 valence electrons. The Morgan fingerprint density at radius 1 is 1.17 bits per heavy atom. The van der Waals surface area contributed by atoms with Crippen LogP contribution in [-0.4, -0.2) is 36.3 Å². The van der Waals surface area contributed by atoms with Gasteiger partial charge in [0.15, 0.2) is 11.6 Å². The second-order valence-electron chi connectivity index (χ2n) is 7.04. The first-order valence-electron chi connectivity index (χ1n) is 8.94. The van der Waals surface area contributed by atoms with Crippen molar-refractivity contribution in [2.45, 2.75) is 25.7 Å². The number of likely N-dealkylation sites (N-methyl/N-ethyl adjacent to an activating group) is 1. The molecule has 0 spiro atoms. The second kappa shape index (κ2) is 8.02. The third-order valence-electron chi connectivity index (χ3n) is 4.89. The van der Waals surface area contributed by atoms with Crippen LogP contribution in [0.5, 0.6) is 0 Å². The molecular weight excluding hydrogens is 409 g/mol. The van der Waals surface area contributed by atoms with Gasteiger partial charge < -0.3 is 5.32 Å². The summed E-state index contributed by atoms with van der Waals surface area (Å²) >= 11 is 0. The van der Waals surface area contributed by atoms with Gasteiger partial charge in [-0.2, -0.15) is 13.2 Å². The lowest BCUT2D eigenvalue weighted by Gasteiger charge is -2.34. The number of carbonyl (C=O) groups is 2. The minimum atomic E-state index is -4.59. The van der Waals surface area contributed by atoms with Crippen molar-refractivity contribution in [3.63, 3.8) is 0 Å². The zero-order valence-corrected chi connectivity index (χ0v) is 16.1. The van der Waals surface area contributed by atoms with Gasteiger partial charge in [0.2, 0.25) is 11.8 Å². The number of alkyl halides is 3. The van der Waals surface area contributed by atoms with Crippen LogP contribution >= 0.6 is 0 Å². The highest BCUT2D eigenvalue weighted by atomic mass is 19.4. The van der Waals surface area contributed by atoms with E-state index >= 15 is 0 Å². The summed E-state index contributed by atoms with van der Waals surface area (Å²) in [5, 5.41) is 2.35. The van der Waals surface area contributed by atoms with Crippen LogP contribution in [-0.2, 0) is 22.3 Å². The Kier molecular flexibility index (Phi) is 5.80. The largest absolute Gasteiger partial charge is 0.416 e. The molecule has 1 heterocycles. The summed E-state index contributed by atoms with van der Waals surface area (Å²) in [5.74, 6) is -3.14. The highest BCUT2D eigenvalue weighted by molar-refractivity contribution is 6.11. The van der Waals surface area contributed by atoms with E-state index in [4.69, 9.17) is 0 Å². The van der Waals surface area contributed by atoms with Gasteiger partial charge in [-0.25, -0.2) is 8.78 Å². The summed E-state index contributed by atoms with van der Waals surface area (Å²) in [5.41, 5.74) is -0.465. The van der Waals surface area contributed by atoms with Crippen molar-refractivity contribution in [2.75, 3.05) is 23.8 Å².